The Kier molecular flexibility index (Phi) is 3.36. The van der Waals surface area contributed by atoms with E-state index in [9.17, 15) is 9.18 Å². The van der Waals surface area contributed by atoms with E-state index >= 15 is 0 Å². The number of halogens is 1. The lowest BCUT2D eigenvalue weighted by atomic mass is 10.1. The predicted octanol–water partition coefficient (Wildman–Crippen LogP) is 1.53. The summed E-state index contributed by atoms with van der Waals surface area (Å²) in [4.78, 5) is 10.4. The van der Waals surface area contributed by atoms with E-state index in [0.717, 1.165) is 6.07 Å². The number of hydrogen-bond donors (Lipinski definition) is 2. The van der Waals surface area contributed by atoms with Crippen LogP contribution in [0.15, 0.2) is 24.3 Å². The normalized spacial score (nSPS) is 10.7. The number of rotatable bonds is 3. The number of hydrogen-bond acceptors (Lipinski definition) is 2. The van der Waals surface area contributed by atoms with Crippen LogP contribution in [0.5, 0.6) is 0 Å². The van der Waals surface area contributed by atoms with Gasteiger partial charge in [-0.25, -0.2) is 9.18 Å². The van der Waals surface area contributed by atoms with Crippen LogP contribution in [0.25, 0.3) is 6.08 Å². The highest BCUT2D eigenvalue weighted by atomic mass is 19.1. The Balaban J connectivity index is 3.00. The second kappa shape index (κ2) is 4.53. The monoisotopic (exact) mass is 196 g/mol. The van der Waals surface area contributed by atoms with E-state index in [4.69, 9.17) is 10.2 Å². The quantitative estimate of drug-likeness (QED) is 0.770. The van der Waals surface area contributed by atoms with E-state index in [-0.39, 0.29) is 12.2 Å². The summed E-state index contributed by atoms with van der Waals surface area (Å²) in [6.07, 6.45) is 2.95. The summed E-state index contributed by atoms with van der Waals surface area (Å²) in [6.45, 7) is -0.137. The van der Waals surface area contributed by atoms with Gasteiger partial charge in [0.05, 0.1) is 12.2 Å². The number of carbonyl (C=O) groups is 1. The van der Waals surface area contributed by atoms with Crippen LogP contribution in [0.4, 0.5) is 4.39 Å². The first-order valence-electron chi connectivity index (χ1n) is 3.95. The standard InChI is InChI=1S/C10H9FO3/c11-9-6-7(2-1-5-12)3-4-8(9)10(13)14/h1-4,6,12H,5H2,(H,13,14). The van der Waals surface area contributed by atoms with Gasteiger partial charge in [-0.3, -0.25) is 0 Å². The fourth-order valence-corrected chi connectivity index (χ4v) is 0.997. The average molecular weight is 196 g/mol. The molecule has 3 nitrogen and oxygen atoms in total. The van der Waals surface area contributed by atoms with E-state index in [1.165, 1.54) is 24.3 Å². The van der Waals surface area contributed by atoms with Gasteiger partial charge in [-0.05, 0) is 17.7 Å². The number of aliphatic hydroxyl groups excluding tert-OH is 1. The Hall–Kier alpha value is -1.68. The number of carboxylic acid groups (broad SMARTS) is 1. The first kappa shape index (κ1) is 10.4. The third-order valence-electron chi connectivity index (χ3n) is 1.64. The lowest BCUT2D eigenvalue weighted by Gasteiger charge is -1.98. The highest BCUT2D eigenvalue weighted by molar-refractivity contribution is 5.88. The third-order valence-corrected chi connectivity index (χ3v) is 1.64. The van der Waals surface area contributed by atoms with E-state index in [2.05, 4.69) is 0 Å². The Morgan fingerprint density at radius 3 is 2.71 bits per heavy atom. The zero-order valence-electron chi connectivity index (χ0n) is 7.27. The fraction of sp³-hybridized carbons (Fsp3) is 0.100. The molecule has 0 atom stereocenters. The number of aliphatic hydroxyl groups is 1. The van der Waals surface area contributed by atoms with Crippen molar-refractivity contribution >= 4 is 12.0 Å². The largest absolute Gasteiger partial charge is 0.478 e. The summed E-state index contributed by atoms with van der Waals surface area (Å²) >= 11 is 0. The molecule has 0 aliphatic carbocycles. The summed E-state index contributed by atoms with van der Waals surface area (Å²) in [5, 5.41) is 17.0. The highest BCUT2D eigenvalue weighted by Gasteiger charge is 2.08. The van der Waals surface area contributed by atoms with Gasteiger partial charge in [-0.2, -0.15) is 0 Å². The van der Waals surface area contributed by atoms with Crippen molar-refractivity contribution in [1.82, 2.24) is 0 Å². The zero-order chi connectivity index (χ0) is 10.6. The van der Waals surface area contributed by atoms with Crippen molar-refractivity contribution in [2.45, 2.75) is 0 Å². The molecule has 0 spiro atoms. The van der Waals surface area contributed by atoms with Gasteiger partial charge in [0.1, 0.15) is 5.82 Å². The van der Waals surface area contributed by atoms with E-state index in [1.54, 1.807) is 0 Å². The summed E-state index contributed by atoms with van der Waals surface area (Å²) in [7, 11) is 0. The smallest absolute Gasteiger partial charge is 0.338 e. The number of carboxylic acids is 1. The van der Waals surface area contributed by atoms with Crippen molar-refractivity contribution in [1.29, 1.82) is 0 Å². The maximum absolute atomic E-state index is 13.1. The highest BCUT2D eigenvalue weighted by Crippen LogP contribution is 2.11. The molecule has 0 unspecified atom stereocenters. The molecule has 0 aliphatic heterocycles. The minimum Gasteiger partial charge on any atom is -0.478 e. The minimum atomic E-state index is -1.29. The molecule has 0 saturated carbocycles. The van der Waals surface area contributed by atoms with Gasteiger partial charge in [0, 0.05) is 0 Å². The van der Waals surface area contributed by atoms with Crippen LogP contribution in [0.1, 0.15) is 15.9 Å². The van der Waals surface area contributed by atoms with Crippen LogP contribution in [0.2, 0.25) is 0 Å². The molecule has 1 aromatic rings. The van der Waals surface area contributed by atoms with Crippen molar-refractivity contribution in [2.24, 2.45) is 0 Å². The molecule has 2 N–H and O–H groups in total. The summed E-state index contributed by atoms with van der Waals surface area (Å²) in [5.74, 6) is -2.07. The topological polar surface area (TPSA) is 57.5 Å². The van der Waals surface area contributed by atoms with Crippen LogP contribution >= 0.6 is 0 Å². The van der Waals surface area contributed by atoms with E-state index < -0.39 is 11.8 Å². The van der Waals surface area contributed by atoms with Crippen LogP contribution in [-0.2, 0) is 0 Å². The molecule has 74 valence electrons. The van der Waals surface area contributed by atoms with Gasteiger partial charge in [-0.1, -0.05) is 18.2 Å². The Labute approximate surface area is 80.1 Å². The molecule has 0 heterocycles. The van der Waals surface area contributed by atoms with Crippen molar-refractivity contribution in [3.63, 3.8) is 0 Å². The summed E-state index contributed by atoms with van der Waals surface area (Å²) in [6, 6.07) is 3.77. The van der Waals surface area contributed by atoms with Crippen LogP contribution in [0, 0.1) is 5.82 Å². The number of aromatic carboxylic acids is 1. The van der Waals surface area contributed by atoms with Crippen LogP contribution < -0.4 is 0 Å². The average Bonchev–Trinajstić information content (AvgIpc) is 2.14. The first-order valence-corrected chi connectivity index (χ1v) is 3.95. The molecule has 0 aliphatic rings. The van der Waals surface area contributed by atoms with Gasteiger partial charge in [0.25, 0.3) is 0 Å². The van der Waals surface area contributed by atoms with Gasteiger partial charge in [-0.15, -0.1) is 0 Å². The second-order valence-corrected chi connectivity index (χ2v) is 2.63. The third kappa shape index (κ3) is 2.40. The van der Waals surface area contributed by atoms with Crippen molar-refractivity contribution in [3.8, 4) is 0 Å². The van der Waals surface area contributed by atoms with Crippen LogP contribution in [-0.4, -0.2) is 22.8 Å². The lowest BCUT2D eigenvalue weighted by molar-refractivity contribution is 0.0692. The van der Waals surface area contributed by atoms with Crippen molar-refractivity contribution in [2.75, 3.05) is 6.61 Å². The molecule has 1 rings (SSSR count). The number of benzene rings is 1. The molecular formula is C10H9FO3. The van der Waals surface area contributed by atoms with Gasteiger partial charge in [0.2, 0.25) is 0 Å². The molecule has 1 aromatic carbocycles. The zero-order valence-corrected chi connectivity index (χ0v) is 7.27. The molecule has 0 radical (unpaired) electrons. The fourth-order valence-electron chi connectivity index (χ4n) is 0.997. The Bertz CT molecular complexity index is 372. The molecule has 0 fully saturated rings. The van der Waals surface area contributed by atoms with E-state index in [1.807, 2.05) is 0 Å². The Morgan fingerprint density at radius 2 is 2.21 bits per heavy atom. The molecular weight excluding hydrogens is 187 g/mol. The summed E-state index contributed by atoms with van der Waals surface area (Å²) < 4.78 is 13.1. The van der Waals surface area contributed by atoms with Crippen LogP contribution in [0.3, 0.4) is 0 Å². The summed E-state index contributed by atoms with van der Waals surface area (Å²) in [5.41, 5.74) is 0.160. The first-order chi connectivity index (χ1) is 6.65. The minimum absolute atomic E-state index is 0.137. The molecule has 0 aromatic heterocycles. The molecule has 14 heavy (non-hydrogen) atoms. The lowest BCUT2D eigenvalue weighted by Crippen LogP contribution is -2.00. The van der Waals surface area contributed by atoms with Gasteiger partial charge < -0.3 is 10.2 Å². The predicted molar refractivity (Wildman–Crippen MR) is 49.5 cm³/mol. The molecule has 0 bridgehead atoms. The van der Waals surface area contributed by atoms with Gasteiger partial charge >= 0.3 is 5.97 Å². The van der Waals surface area contributed by atoms with Gasteiger partial charge in [0.15, 0.2) is 0 Å². The van der Waals surface area contributed by atoms with Crippen molar-refractivity contribution < 1.29 is 19.4 Å². The van der Waals surface area contributed by atoms with Crippen molar-refractivity contribution in [3.05, 3.63) is 41.2 Å². The molecule has 0 amide bonds. The molecule has 0 saturated heterocycles. The SMILES string of the molecule is O=C(O)c1ccc(C=CCO)cc1F. The molecule has 4 heteroatoms. The Morgan fingerprint density at radius 1 is 1.50 bits per heavy atom. The maximum Gasteiger partial charge on any atom is 0.338 e. The second-order valence-electron chi connectivity index (χ2n) is 2.63. The maximum atomic E-state index is 13.1. The van der Waals surface area contributed by atoms with E-state index in [0.29, 0.717) is 5.56 Å².